The molecule has 29 heavy (non-hydrogen) atoms. The SMILES string of the molecule is C/C(=C\c1ccc(O[C@@H]2O[C@H]([C@H](C)O)[C@@H](O)[C@@H]2O)c(O)c1)C(=O)N1CCOCC1. The maximum absolute atomic E-state index is 12.5. The van der Waals surface area contributed by atoms with E-state index < -0.39 is 30.7 Å². The molecule has 0 aromatic heterocycles. The van der Waals surface area contributed by atoms with Crippen LogP contribution >= 0.6 is 0 Å². The van der Waals surface area contributed by atoms with Crippen molar-refractivity contribution in [1.82, 2.24) is 4.90 Å². The minimum Gasteiger partial charge on any atom is -0.504 e. The van der Waals surface area contributed by atoms with Gasteiger partial charge < -0.3 is 39.5 Å². The quantitative estimate of drug-likeness (QED) is 0.495. The molecule has 0 unspecified atom stereocenters. The molecular formula is C20H27NO8. The Kier molecular flexibility index (Phi) is 6.76. The number of carbonyl (C=O) groups is 1. The third kappa shape index (κ3) is 4.88. The maximum atomic E-state index is 12.5. The van der Waals surface area contributed by atoms with Crippen LogP contribution in [-0.4, -0.2) is 88.2 Å². The standard InChI is InChI=1S/C20H27NO8/c1-11(19(26)21-5-7-27-8-6-21)9-13-3-4-15(14(23)10-13)28-20-17(25)16(24)18(29-20)12(2)22/h3-4,9-10,12,16-18,20,22-25H,5-8H2,1-2H3/b11-9+/t12-,16-,17-,18+,20+/m0/s1. The molecule has 2 heterocycles. The van der Waals surface area contributed by atoms with Gasteiger partial charge in [-0.3, -0.25) is 4.79 Å². The first-order chi connectivity index (χ1) is 13.8. The van der Waals surface area contributed by atoms with Crippen molar-refractivity contribution < 1.29 is 39.4 Å². The Labute approximate surface area is 168 Å². The second-order valence-corrected chi connectivity index (χ2v) is 7.27. The molecule has 9 heteroatoms. The van der Waals surface area contributed by atoms with Crippen molar-refractivity contribution in [3.05, 3.63) is 29.3 Å². The number of aliphatic hydroxyl groups excluding tert-OH is 3. The van der Waals surface area contributed by atoms with E-state index in [-0.39, 0.29) is 17.4 Å². The van der Waals surface area contributed by atoms with E-state index >= 15 is 0 Å². The third-order valence-corrected chi connectivity index (χ3v) is 4.98. The predicted molar refractivity (Wildman–Crippen MR) is 102 cm³/mol. The fourth-order valence-electron chi connectivity index (χ4n) is 3.34. The summed E-state index contributed by atoms with van der Waals surface area (Å²) in [6.45, 7) is 5.27. The van der Waals surface area contributed by atoms with Crippen LogP contribution in [0.1, 0.15) is 19.4 Å². The molecule has 1 aromatic rings. The number of phenols is 1. The lowest BCUT2D eigenvalue weighted by atomic mass is 10.1. The highest BCUT2D eigenvalue weighted by atomic mass is 16.7. The summed E-state index contributed by atoms with van der Waals surface area (Å²) in [7, 11) is 0. The summed E-state index contributed by atoms with van der Waals surface area (Å²) in [4.78, 5) is 14.2. The van der Waals surface area contributed by atoms with Crippen molar-refractivity contribution in [3.8, 4) is 11.5 Å². The number of nitrogens with zero attached hydrogens (tertiary/aromatic N) is 1. The molecule has 160 valence electrons. The molecule has 5 atom stereocenters. The molecule has 0 saturated carbocycles. The number of amides is 1. The lowest BCUT2D eigenvalue weighted by molar-refractivity contribution is -0.130. The predicted octanol–water partition coefficient (Wildman–Crippen LogP) is -0.139. The van der Waals surface area contributed by atoms with E-state index in [2.05, 4.69) is 0 Å². The Morgan fingerprint density at radius 2 is 1.97 bits per heavy atom. The molecule has 3 rings (SSSR count). The van der Waals surface area contributed by atoms with E-state index in [1.54, 1.807) is 24.0 Å². The average Bonchev–Trinajstić information content (AvgIpc) is 2.98. The lowest BCUT2D eigenvalue weighted by Crippen LogP contribution is -2.41. The molecule has 1 amide bonds. The largest absolute Gasteiger partial charge is 0.504 e. The van der Waals surface area contributed by atoms with Gasteiger partial charge in [-0.25, -0.2) is 0 Å². The summed E-state index contributed by atoms with van der Waals surface area (Å²) in [6, 6.07) is 4.55. The summed E-state index contributed by atoms with van der Waals surface area (Å²) in [6.07, 6.45) is -4.24. The van der Waals surface area contributed by atoms with Gasteiger partial charge in [0.25, 0.3) is 0 Å². The Hall–Kier alpha value is -2.17. The summed E-state index contributed by atoms with van der Waals surface area (Å²) < 4.78 is 16.1. The fraction of sp³-hybridized carbons (Fsp3) is 0.550. The maximum Gasteiger partial charge on any atom is 0.249 e. The Balaban J connectivity index is 1.68. The van der Waals surface area contributed by atoms with Gasteiger partial charge in [0.1, 0.15) is 18.3 Å². The number of hydrogen-bond acceptors (Lipinski definition) is 8. The molecule has 0 spiro atoms. The molecule has 0 aliphatic carbocycles. The molecule has 1 aromatic carbocycles. The van der Waals surface area contributed by atoms with Gasteiger partial charge in [-0.2, -0.15) is 0 Å². The molecular weight excluding hydrogens is 382 g/mol. The van der Waals surface area contributed by atoms with Gasteiger partial charge in [0.05, 0.1) is 19.3 Å². The molecule has 2 aliphatic heterocycles. The number of morpholine rings is 1. The van der Waals surface area contributed by atoms with Gasteiger partial charge in [0.2, 0.25) is 12.2 Å². The molecule has 0 radical (unpaired) electrons. The molecule has 4 N–H and O–H groups in total. The van der Waals surface area contributed by atoms with Crippen LogP contribution in [-0.2, 0) is 14.3 Å². The summed E-state index contributed by atoms with van der Waals surface area (Å²) in [5.41, 5.74) is 1.13. The zero-order valence-electron chi connectivity index (χ0n) is 16.4. The van der Waals surface area contributed by atoms with Gasteiger partial charge in [-0.05, 0) is 37.6 Å². The number of phenolic OH excluding ortho intramolecular Hbond substituents is 1. The average molecular weight is 409 g/mol. The molecule has 2 aliphatic rings. The van der Waals surface area contributed by atoms with Gasteiger partial charge in [0.15, 0.2) is 11.5 Å². The van der Waals surface area contributed by atoms with Crippen molar-refractivity contribution in [2.45, 2.75) is 44.6 Å². The van der Waals surface area contributed by atoms with Crippen molar-refractivity contribution in [2.24, 2.45) is 0 Å². The van der Waals surface area contributed by atoms with Crippen LogP contribution in [0.25, 0.3) is 6.08 Å². The molecule has 0 bridgehead atoms. The highest BCUT2D eigenvalue weighted by molar-refractivity contribution is 5.97. The van der Waals surface area contributed by atoms with Crippen LogP contribution in [0.5, 0.6) is 11.5 Å². The number of carbonyl (C=O) groups excluding carboxylic acids is 1. The fourth-order valence-corrected chi connectivity index (χ4v) is 3.34. The smallest absolute Gasteiger partial charge is 0.249 e. The Morgan fingerprint density at radius 1 is 1.28 bits per heavy atom. The second-order valence-electron chi connectivity index (χ2n) is 7.27. The molecule has 2 fully saturated rings. The zero-order chi connectivity index (χ0) is 21.1. The first-order valence-electron chi connectivity index (χ1n) is 9.52. The van der Waals surface area contributed by atoms with Crippen molar-refractivity contribution in [2.75, 3.05) is 26.3 Å². The molecule has 2 saturated heterocycles. The first-order valence-corrected chi connectivity index (χ1v) is 9.52. The highest BCUT2D eigenvalue weighted by Crippen LogP contribution is 2.32. The van der Waals surface area contributed by atoms with Crippen LogP contribution in [0.15, 0.2) is 23.8 Å². The van der Waals surface area contributed by atoms with Gasteiger partial charge >= 0.3 is 0 Å². The van der Waals surface area contributed by atoms with E-state index in [1.807, 2.05) is 0 Å². The van der Waals surface area contributed by atoms with E-state index in [0.29, 0.717) is 37.4 Å². The number of aromatic hydroxyl groups is 1. The van der Waals surface area contributed by atoms with Crippen molar-refractivity contribution in [1.29, 1.82) is 0 Å². The number of rotatable bonds is 5. The van der Waals surface area contributed by atoms with Gasteiger partial charge in [-0.1, -0.05) is 6.07 Å². The minimum atomic E-state index is -1.37. The van der Waals surface area contributed by atoms with Crippen LogP contribution in [0.3, 0.4) is 0 Å². The summed E-state index contributed by atoms with van der Waals surface area (Å²) in [5.74, 6) is -0.258. The highest BCUT2D eigenvalue weighted by Gasteiger charge is 2.46. The molecule has 9 nitrogen and oxygen atoms in total. The topological polar surface area (TPSA) is 129 Å². The first kappa shape index (κ1) is 21.5. The van der Waals surface area contributed by atoms with Crippen LogP contribution in [0.2, 0.25) is 0 Å². The number of ether oxygens (including phenoxy) is 3. The van der Waals surface area contributed by atoms with Crippen molar-refractivity contribution in [3.63, 3.8) is 0 Å². The Morgan fingerprint density at radius 3 is 2.55 bits per heavy atom. The second kappa shape index (κ2) is 9.10. The zero-order valence-corrected chi connectivity index (χ0v) is 16.4. The monoisotopic (exact) mass is 409 g/mol. The van der Waals surface area contributed by atoms with E-state index in [0.717, 1.165) is 0 Å². The summed E-state index contributed by atoms with van der Waals surface area (Å²) >= 11 is 0. The Bertz CT molecular complexity index is 759. The van der Waals surface area contributed by atoms with Crippen molar-refractivity contribution >= 4 is 12.0 Å². The van der Waals surface area contributed by atoms with E-state index in [1.165, 1.54) is 19.1 Å². The normalized spacial score (nSPS) is 29.0. The van der Waals surface area contributed by atoms with E-state index in [4.69, 9.17) is 14.2 Å². The lowest BCUT2D eigenvalue weighted by Gasteiger charge is -2.27. The number of aliphatic hydroxyl groups is 3. The summed E-state index contributed by atoms with van der Waals surface area (Å²) in [5, 5.41) is 39.8. The van der Waals surface area contributed by atoms with Crippen LogP contribution in [0.4, 0.5) is 0 Å². The van der Waals surface area contributed by atoms with E-state index in [9.17, 15) is 25.2 Å². The number of hydrogen-bond donors (Lipinski definition) is 4. The minimum absolute atomic E-state index is 0.0433. The third-order valence-electron chi connectivity index (χ3n) is 4.98. The van der Waals surface area contributed by atoms with Crippen LogP contribution in [0, 0.1) is 0 Å². The van der Waals surface area contributed by atoms with Gasteiger partial charge in [0, 0.05) is 18.7 Å². The van der Waals surface area contributed by atoms with Gasteiger partial charge in [-0.15, -0.1) is 0 Å². The van der Waals surface area contributed by atoms with Crippen LogP contribution < -0.4 is 4.74 Å². The number of benzene rings is 1.